The molecule has 0 saturated heterocycles. The fraction of sp³-hybridized carbons (Fsp3) is 0.864. The maximum absolute atomic E-state index is 12.8. The summed E-state index contributed by atoms with van der Waals surface area (Å²) in [5.41, 5.74) is 16.6. The van der Waals surface area contributed by atoms with Crippen molar-refractivity contribution in [2.24, 2.45) is 17.2 Å². The first-order valence-electron chi connectivity index (χ1n) is 10.8. The van der Waals surface area contributed by atoms with Crippen LogP contribution in [0.15, 0.2) is 0 Å². The number of hydrogen-bond acceptors (Lipinski definition) is 7. The molecular formula is C22H50N6O3. The molecule has 9 heteroatoms. The van der Waals surface area contributed by atoms with Gasteiger partial charge in [0.2, 0.25) is 11.8 Å². The van der Waals surface area contributed by atoms with Gasteiger partial charge in [-0.1, -0.05) is 21.3 Å². The summed E-state index contributed by atoms with van der Waals surface area (Å²) >= 11 is 0. The second-order valence-corrected chi connectivity index (χ2v) is 7.43. The Morgan fingerprint density at radius 1 is 0.645 bits per heavy atom. The van der Waals surface area contributed by atoms with Gasteiger partial charge in [0.15, 0.2) is 5.78 Å². The minimum Gasteiger partial charge on any atom is -0.345 e. The predicted molar refractivity (Wildman–Crippen MR) is 130 cm³/mol. The van der Waals surface area contributed by atoms with Gasteiger partial charge in [-0.05, 0) is 85.0 Å². The molecule has 0 aliphatic heterocycles. The molecule has 3 unspecified atom stereocenters. The Bertz CT molecular complexity index is 476. The van der Waals surface area contributed by atoms with E-state index in [-0.39, 0.29) is 38.5 Å². The van der Waals surface area contributed by atoms with Gasteiger partial charge in [-0.2, -0.15) is 0 Å². The molecule has 0 aromatic heterocycles. The Morgan fingerprint density at radius 2 is 1.00 bits per heavy atom. The molecule has 31 heavy (non-hydrogen) atoms. The normalized spacial score (nSPS) is 13.2. The van der Waals surface area contributed by atoms with Crippen LogP contribution in [0.2, 0.25) is 0 Å². The van der Waals surface area contributed by atoms with Gasteiger partial charge in [0.1, 0.15) is 6.04 Å². The lowest BCUT2D eigenvalue weighted by Gasteiger charge is -2.24. The summed E-state index contributed by atoms with van der Waals surface area (Å²) in [6.45, 7) is 3.12. The van der Waals surface area contributed by atoms with Gasteiger partial charge in [0.05, 0.1) is 12.1 Å². The van der Waals surface area contributed by atoms with E-state index in [1.54, 1.807) is 7.05 Å². The number of likely N-dealkylation sites (N-methyl/N-ethyl adjacent to an activating group) is 1. The van der Waals surface area contributed by atoms with Crippen LogP contribution in [0.1, 0.15) is 79.6 Å². The summed E-state index contributed by atoms with van der Waals surface area (Å²) in [7, 11) is 1.72. The van der Waals surface area contributed by atoms with Gasteiger partial charge in [0, 0.05) is 0 Å². The lowest BCUT2D eigenvalue weighted by molar-refractivity contribution is -0.132. The van der Waals surface area contributed by atoms with Crippen molar-refractivity contribution in [1.29, 1.82) is 0 Å². The highest BCUT2D eigenvalue weighted by atomic mass is 16.2. The molecule has 0 spiro atoms. The molecule has 0 radical (unpaired) electrons. The number of carbonyl (C=O) groups is 3. The number of nitrogens with one attached hydrogen (secondary N) is 3. The van der Waals surface area contributed by atoms with Gasteiger partial charge in [-0.3, -0.25) is 14.4 Å². The highest BCUT2D eigenvalue weighted by Gasteiger charge is 2.27. The van der Waals surface area contributed by atoms with E-state index >= 15 is 0 Å². The largest absolute Gasteiger partial charge is 0.345 e. The number of carbonyl (C=O) groups excluding carboxylic acids is 3. The first-order valence-corrected chi connectivity index (χ1v) is 10.8. The molecule has 186 valence electrons. The molecule has 0 rings (SSSR count). The molecule has 0 aliphatic carbocycles. The molecule has 0 bridgehead atoms. The molecule has 0 heterocycles. The van der Waals surface area contributed by atoms with Crippen LogP contribution < -0.4 is 33.2 Å². The third-order valence-electron chi connectivity index (χ3n) is 4.95. The second kappa shape index (κ2) is 21.7. The van der Waals surface area contributed by atoms with Crippen molar-refractivity contribution in [3.63, 3.8) is 0 Å². The van der Waals surface area contributed by atoms with E-state index in [0.29, 0.717) is 45.3 Å². The summed E-state index contributed by atoms with van der Waals surface area (Å²) in [6, 6.07) is -1.65. The Kier molecular flexibility index (Phi) is 23.8. The summed E-state index contributed by atoms with van der Waals surface area (Å²) < 4.78 is 0. The first kappa shape index (κ1) is 34.1. The highest BCUT2D eigenvalue weighted by molar-refractivity contribution is 5.92. The molecule has 0 fully saturated rings. The van der Waals surface area contributed by atoms with Gasteiger partial charge in [-0.25, -0.2) is 0 Å². The number of unbranched alkanes of at least 4 members (excludes halogenated alkanes) is 3. The molecule has 0 aliphatic rings. The maximum atomic E-state index is 12.8. The number of ketones is 1. The average Bonchev–Trinajstić information content (AvgIpc) is 2.69. The van der Waals surface area contributed by atoms with E-state index in [1.807, 2.05) is 0 Å². The molecule has 0 aromatic carbocycles. The van der Waals surface area contributed by atoms with Gasteiger partial charge < -0.3 is 33.2 Å². The van der Waals surface area contributed by atoms with Crippen LogP contribution in [0.4, 0.5) is 0 Å². The van der Waals surface area contributed by atoms with E-state index in [9.17, 15) is 14.4 Å². The second-order valence-electron chi connectivity index (χ2n) is 7.43. The molecule has 2 amide bonds. The first-order chi connectivity index (χ1) is 13.9. The lowest BCUT2D eigenvalue weighted by atomic mass is 10.0. The molecule has 0 aromatic rings. The van der Waals surface area contributed by atoms with Crippen molar-refractivity contribution in [3.05, 3.63) is 0 Å². The molecule has 0 saturated carbocycles. The third kappa shape index (κ3) is 15.8. The minimum atomic E-state index is -0.698. The van der Waals surface area contributed by atoms with Crippen LogP contribution in [-0.2, 0) is 14.4 Å². The fourth-order valence-corrected chi connectivity index (χ4v) is 3.08. The Labute approximate surface area is 190 Å². The van der Waals surface area contributed by atoms with Crippen molar-refractivity contribution in [2.45, 2.75) is 97.7 Å². The van der Waals surface area contributed by atoms with Gasteiger partial charge in [0.25, 0.3) is 0 Å². The number of amides is 2. The van der Waals surface area contributed by atoms with Gasteiger partial charge in [-0.15, -0.1) is 0 Å². The Balaban J connectivity index is -0.00000392. The van der Waals surface area contributed by atoms with E-state index < -0.39 is 12.1 Å². The fourth-order valence-electron chi connectivity index (χ4n) is 3.08. The summed E-state index contributed by atoms with van der Waals surface area (Å²) in [5, 5.41) is 8.65. The summed E-state index contributed by atoms with van der Waals surface area (Å²) in [4.78, 5) is 37.4. The molecular weight excluding hydrogens is 396 g/mol. The summed E-state index contributed by atoms with van der Waals surface area (Å²) in [6.07, 6.45) is 6.36. The average molecular weight is 447 g/mol. The van der Waals surface area contributed by atoms with Crippen LogP contribution in [-0.4, -0.2) is 62.4 Å². The number of Topliss-reactive ketones (excluding diaryl/α,β-unsaturated/α-hetero) is 1. The number of hydrogen-bond donors (Lipinski definition) is 6. The highest BCUT2D eigenvalue weighted by Crippen LogP contribution is 2.07. The van der Waals surface area contributed by atoms with E-state index in [1.165, 1.54) is 6.92 Å². The van der Waals surface area contributed by atoms with Crippen LogP contribution in [0.5, 0.6) is 0 Å². The predicted octanol–water partition coefficient (Wildman–Crippen LogP) is 0.792. The van der Waals surface area contributed by atoms with Crippen molar-refractivity contribution < 1.29 is 14.4 Å². The zero-order valence-electron chi connectivity index (χ0n) is 18.2. The lowest BCUT2D eigenvalue weighted by Crippen LogP contribution is -2.54. The molecule has 9 N–H and O–H groups in total. The summed E-state index contributed by atoms with van der Waals surface area (Å²) in [5.74, 6) is -0.655. The van der Waals surface area contributed by atoms with Crippen LogP contribution in [0.25, 0.3) is 0 Å². The molecule has 3 atom stereocenters. The van der Waals surface area contributed by atoms with Crippen LogP contribution in [0, 0.1) is 0 Å². The Morgan fingerprint density at radius 3 is 1.39 bits per heavy atom. The maximum Gasteiger partial charge on any atom is 0.243 e. The minimum absolute atomic E-state index is 0. The van der Waals surface area contributed by atoms with E-state index in [4.69, 9.17) is 17.2 Å². The quantitative estimate of drug-likeness (QED) is 0.169. The smallest absolute Gasteiger partial charge is 0.243 e. The third-order valence-corrected chi connectivity index (χ3v) is 4.95. The zero-order valence-corrected chi connectivity index (χ0v) is 18.2. The number of rotatable bonds is 18. The van der Waals surface area contributed by atoms with Crippen molar-refractivity contribution in [2.75, 3.05) is 26.7 Å². The van der Waals surface area contributed by atoms with Crippen LogP contribution in [0.3, 0.4) is 0 Å². The van der Waals surface area contributed by atoms with E-state index in [0.717, 1.165) is 32.1 Å². The van der Waals surface area contributed by atoms with Crippen molar-refractivity contribution >= 4 is 17.6 Å². The van der Waals surface area contributed by atoms with Crippen molar-refractivity contribution in [3.8, 4) is 0 Å². The zero-order chi connectivity index (χ0) is 22.1. The monoisotopic (exact) mass is 446 g/mol. The standard InChI is InChI=1S/C20H42N6O3.2CH4/c1-15(27)16(9-3-6-12-21)25-20(29)18(11-5-8-14-23)26-19(28)17(24-2)10-4-7-13-22;;/h16-18,24H,3-14,21-23H2,1-2H3,(H,25,29)(H,26,28);2*1H4. The SMILES string of the molecule is C.C.CNC(CCCCN)C(=O)NC(CCCCN)C(=O)NC(CCCCN)C(C)=O. The van der Waals surface area contributed by atoms with E-state index in [2.05, 4.69) is 16.0 Å². The topological polar surface area (TPSA) is 165 Å². The molecule has 9 nitrogen and oxygen atoms in total. The Hall–Kier alpha value is -1.55. The van der Waals surface area contributed by atoms with Gasteiger partial charge >= 0.3 is 0 Å². The van der Waals surface area contributed by atoms with Crippen molar-refractivity contribution in [1.82, 2.24) is 16.0 Å². The number of nitrogens with two attached hydrogens (primary N) is 3. The van der Waals surface area contributed by atoms with Crippen LogP contribution >= 0.6 is 0 Å².